The van der Waals surface area contributed by atoms with Gasteiger partial charge in [0.05, 0.1) is 18.8 Å². The van der Waals surface area contributed by atoms with Gasteiger partial charge in [-0.3, -0.25) is 9.48 Å². The minimum Gasteiger partial charge on any atom is -0.370 e. The molecule has 0 saturated carbocycles. The molecule has 1 aliphatic heterocycles. The Bertz CT molecular complexity index is 440. The van der Waals surface area contributed by atoms with E-state index in [0.717, 1.165) is 18.7 Å². The largest absolute Gasteiger partial charge is 0.370 e. The topological polar surface area (TPSA) is 47.4 Å². The molecule has 18 heavy (non-hydrogen) atoms. The van der Waals surface area contributed by atoms with Gasteiger partial charge >= 0.3 is 0 Å². The van der Waals surface area contributed by atoms with Gasteiger partial charge in [-0.05, 0) is 25.8 Å². The predicted molar refractivity (Wildman–Crippen MR) is 68.5 cm³/mol. The third-order valence-electron chi connectivity index (χ3n) is 3.60. The summed E-state index contributed by atoms with van der Waals surface area (Å²) in [4.78, 5) is 13.5. The van der Waals surface area contributed by atoms with Crippen molar-refractivity contribution in [2.24, 2.45) is 0 Å². The lowest BCUT2D eigenvalue weighted by atomic mass is 10.2. The number of hydrogen-bond donors (Lipinski definition) is 0. The molecule has 1 aromatic rings. The van der Waals surface area contributed by atoms with Gasteiger partial charge in [-0.15, -0.1) is 0 Å². The van der Waals surface area contributed by atoms with Gasteiger partial charge in [-0.1, -0.05) is 6.92 Å². The van der Waals surface area contributed by atoms with Crippen LogP contribution in [-0.2, 0) is 22.5 Å². The maximum Gasteiger partial charge on any atom is 0.248 e. The number of hydrogen-bond acceptors (Lipinski definition) is 3. The average Bonchev–Trinajstić information content (AvgIpc) is 2.65. The number of aromatic nitrogens is 2. The highest BCUT2D eigenvalue weighted by Gasteiger charge is 2.18. The van der Waals surface area contributed by atoms with Gasteiger partial charge in [-0.2, -0.15) is 5.10 Å². The molecular weight excluding hydrogens is 230 g/mol. The third kappa shape index (κ3) is 2.56. The number of carbonyl (C=O) groups is 1. The van der Waals surface area contributed by atoms with Crippen LogP contribution in [0.15, 0.2) is 0 Å². The van der Waals surface area contributed by atoms with E-state index in [0.29, 0.717) is 19.7 Å². The SMILES string of the molecule is CCc1nn(CCN2CCOCC2=O)c(C)c1C. The number of ether oxygens (including phenoxy) is 1. The lowest BCUT2D eigenvalue weighted by Crippen LogP contribution is -2.43. The summed E-state index contributed by atoms with van der Waals surface area (Å²) >= 11 is 0. The van der Waals surface area contributed by atoms with Crippen molar-refractivity contribution in [3.05, 3.63) is 17.0 Å². The van der Waals surface area contributed by atoms with Crippen molar-refractivity contribution in [2.75, 3.05) is 26.3 Å². The van der Waals surface area contributed by atoms with Gasteiger partial charge in [0, 0.05) is 18.8 Å². The van der Waals surface area contributed by atoms with Crippen molar-refractivity contribution in [1.29, 1.82) is 0 Å². The number of aryl methyl sites for hydroxylation is 1. The molecule has 0 N–H and O–H groups in total. The fraction of sp³-hybridized carbons (Fsp3) is 0.692. The van der Waals surface area contributed by atoms with Crippen LogP contribution in [0.2, 0.25) is 0 Å². The standard InChI is InChI=1S/C13H21N3O2/c1-4-12-10(2)11(3)16(14-12)6-5-15-7-8-18-9-13(15)17/h4-9H2,1-3H3. The maximum absolute atomic E-state index is 11.6. The number of amides is 1. The normalized spacial score (nSPS) is 16.4. The molecule has 100 valence electrons. The lowest BCUT2D eigenvalue weighted by molar-refractivity contribution is -0.142. The number of rotatable bonds is 4. The van der Waals surface area contributed by atoms with Gasteiger partial charge in [0.15, 0.2) is 0 Å². The molecule has 1 fully saturated rings. The van der Waals surface area contributed by atoms with Crippen molar-refractivity contribution in [1.82, 2.24) is 14.7 Å². The van der Waals surface area contributed by atoms with E-state index in [4.69, 9.17) is 4.74 Å². The quantitative estimate of drug-likeness (QED) is 0.799. The van der Waals surface area contributed by atoms with E-state index in [2.05, 4.69) is 25.9 Å². The van der Waals surface area contributed by atoms with E-state index < -0.39 is 0 Å². The van der Waals surface area contributed by atoms with Crippen molar-refractivity contribution in [3.8, 4) is 0 Å². The summed E-state index contributed by atoms with van der Waals surface area (Å²) in [7, 11) is 0. The van der Waals surface area contributed by atoms with Crippen LogP contribution in [0.4, 0.5) is 0 Å². The van der Waals surface area contributed by atoms with Crippen LogP contribution in [0.25, 0.3) is 0 Å². The van der Waals surface area contributed by atoms with E-state index >= 15 is 0 Å². The van der Waals surface area contributed by atoms with Gasteiger partial charge in [0.25, 0.3) is 0 Å². The molecule has 0 spiro atoms. The summed E-state index contributed by atoms with van der Waals surface area (Å²) in [5.74, 6) is 0.0819. The summed E-state index contributed by atoms with van der Waals surface area (Å²) in [5, 5.41) is 4.58. The Kier molecular flexibility index (Phi) is 4.01. The van der Waals surface area contributed by atoms with Gasteiger partial charge in [-0.25, -0.2) is 0 Å². The second-order valence-corrected chi connectivity index (χ2v) is 4.67. The zero-order chi connectivity index (χ0) is 13.1. The monoisotopic (exact) mass is 251 g/mol. The predicted octanol–water partition coefficient (Wildman–Crippen LogP) is 0.921. The Morgan fingerprint density at radius 2 is 2.11 bits per heavy atom. The molecule has 2 heterocycles. The highest BCUT2D eigenvalue weighted by Crippen LogP contribution is 2.13. The van der Waals surface area contributed by atoms with Crippen LogP contribution in [0, 0.1) is 13.8 Å². The summed E-state index contributed by atoms with van der Waals surface area (Å²) in [6.45, 7) is 9.34. The van der Waals surface area contributed by atoms with Crippen molar-refractivity contribution >= 4 is 5.91 Å². The molecule has 0 aliphatic carbocycles. The molecule has 2 rings (SSSR count). The van der Waals surface area contributed by atoms with Crippen LogP contribution in [0.1, 0.15) is 23.9 Å². The molecule has 1 amide bonds. The molecule has 0 bridgehead atoms. The molecule has 0 aromatic carbocycles. The van der Waals surface area contributed by atoms with Crippen LogP contribution in [0.3, 0.4) is 0 Å². The molecule has 5 nitrogen and oxygen atoms in total. The summed E-state index contributed by atoms with van der Waals surface area (Å²) in [6.07, 6.45) is 0.955. The smallest absolute Gasteiger partial charge is 0.248 e. The van der Waals surface area contributed by atoms with Crippen molar-refractivity contribution in [3.63, 3.8) is 0 Å². The van der Waals surface area contributed by atoms with Crippen LogP contribution in [0.5, 0.6) is 0 Å². The first kappa shape index (κ1) is 13.1. The Hall–Kier alpha value is -1.36. The number of morpholine rings is 1. The molecule has 1 aromatic heterocycles. The van der Waals surface area contributed by atoms with Crippen molar-refractivity contribution in [2.45, 2.75) is 33.7 Å². The van der Waals surface area contributed by atoms with E-state index in [1.807, 2.05) is 9.58 Å². The van der Waals surface area contributed by atoms with Crippen LogP contribution >= 0.6 is 0 Å². The molecule has 1 aliphatic rings. The highest BCUT2D eigenvalue weighted by atomic mass is 16.5. The van der Waals surface area contributed by atoms with Gasteiger partial charge in [0.2, 0.25) is 5.91 Å². The fourth-order valence-electron chi connectivity index (χ4n) is 2.25. The fourth-order valence-corrected chi connectivity index (χ4v) is 2.25. The minimum atomic E-state index is 0.0819. The van der Waals surface area contributed by atoms with Crippen LogP contribution < -0.4 is 0 Å². The highest BCUT2D eigenvalue weighted by molar-refractivity contribution is 5.77. The van der Waals surface area contributed by atoms with E-state index in [1.165, 1.54) is 11.3 Å². The van der Waals surface area contributed by atoms with Gasteiger partial charge in [0.1, 0.15) is 6.61 Å². The Labute approximate surface area is 108 Å². The molecule has 1 saturated heterocycles. The molecule has 5 heteroatoms. The first-order chi connectivity index (χ1) is 8.63. The van der Waals surface area contributed by atoms with E-state index in [9.17, 15) is 4.79 Å². The van der Waals surface area contributed by atoms with Crippen molar-refractivity contribution < 1.29 is 9.53 Å². The van der Waals surface area contributed by atoms with Crippen LogP contribution in [-0.4, -0.2) is 46.9 Å². The molecule has 0 unspecified atom stereocenters. The first-order valence-corrected chi connectivity index (χ1v) is 6.52. The number of nitrogens with zero attached hydrogens (tertiary/aromatic N) is 3. The third-order valence-corrected chi connectivity index (χ3v) is 3.60. The zero-order valence-corrected chi connectivity index (χ0v) is 11.4. The Balaban J connectivity index is 1.99. The minimum absolute atomic E-state index is 0.0819. The maximum atomic E-state index is 11.6. The average molecular weight is 251 g/mol. The summed E-state index contributed by atoms with van der Waals surface area (Å²) < 4.78 is 7.13. The van der Waals surface area contributed by atoms with E-state index in [1.54, 1.807) is 0 Å². The molecule has 0 radical (unpaired) electrons. The zero-order valence-electron chi connectivity index (χ0n) is 11.4. The van der Waals surface area contributed by atoms with E-state index in [-0.39, 0.29) is 12.5 Å². The second kappa shape index (κ2) is 5.52. The Morgan fingerprint density at radius 1 is 1.33 bits per heavy atom. The lowest BCUT2D eigenvalue weighted by Gasteiger charge is -2.26. The first-order valence-electron chi connectivity index (χ1n) is 6.52. The molecule has 0 atom stereocenters. The molecular formula is C13H21N3O2. The van der Waals surface area contributed by atoms with Gasteiger partial charge < -0.3 is 9.64 Å². The summed E-state index contributed by atoms with van der Waals surface area (Å²) in [5.41, 5.74) is 3.62. The number of carbonyl (C=O) groups excluding carboxylic acids is 1. The Morgan fingerprint density at radius 3 is 2.72 bits per heavy atom. The summed E-state index contributed by atoms with van der Waals surface area (Å²) in [6, 6.07) is 0. The second-order valence-electron chi connectivity index (χ2n) is 4.67.